The Morgan fingerprint density at radius 3 is 1.95 bits per heavy atom. The molecule has 1 aliphatic rings. The van der Waals surface area contributed by atoms with E-state index in [2.05, 4.69) is 13.3 Å². The highest BCUT2D eigenvalue weighted by molar-refractivity contribution is 7.55. The molecule has 0 fully saturated rings. The van der Waals surface area contributed by atoms with E-state index in [4.69, 9.17) is 0 Å². The molecule has 100 valence electrons. The van der Waals surface area contributed by atoms with Gasteiger partial charge >= 0.3 is 0 Å². The second-order valence-electron chi connectivity index (χ2n) is 5.32. The van der Waals surface area contributed by atoms with Crippen LogP contribution in [0.5, 0.6) is 0 Å². The van der Waals surface area contributed by atoms with Crippen LogP contribution in [-0.2, 0) is 6.16 Å². The number of hydrogen-bond donors (Lipinski definition) is 0. The summed E-state index contributed by atoms with van der Waals surface area (Å²) in [6.07, 6.45) is 0.978. The van der Waals surface area contributed by atoms with Crippen LogP contribution in [-0.4, -0.2) is 24.9 Å². The normalized spacial score (nSPS) is 13.3. The van der Waals surface area contributed by atoms with Crippen molar-refractivity contribution in [2.45, 2.75) is 6.16 Å². The minimum Gasteiger partial charge on any atom is -0.289 e. The van der Waals surface area contributed by atoms with Gasteiger partial charge in [0, 0.05) is 22.3 Å². The summed E-state index contributed by atoms with van der Waals surface area (Å²) in [7, 11) is -0.0642. The Morgan fingerprint density at radius 2 is 1.35 bits per heavy atom. The van der Waals surface area contributed by atoms with Gasteiger partial charge in [-0.05, 0) is 31.1 Å². The number of benzene rings is 2. The number of carbonyl (C=O) groups excluding carboxylic acids is 2. The molecule has 2 nitrogen and oxygen atoms in total. The number of ketones is 2. The molecule has 1 aliphatic carbocycles. The summed E-state index contributed by atoms with van der Waals surface area (Å²) in [4.78, 5) is 25.0. The lowest BCUT2D eigenvalue weighted by Gasteiger charge is -2.18. The van der Waals surface area contributed by atoms with Gasteiger partial charge in [0.2, 0.25) is 0 Å². The van der Waals surface area contributed by atoms with Gasteiger partial charge in [-0.2, -0.15) is 0 Å². The van der Waals surface area contributed by atoms with Crippen LogP contribution in [0.15, 0.2) is 42.5 Å². The highest BCUT2D eigenvalue weighted by Gasteiger charge is 2.29. The first-order chi connectivity index (χ1) is 9.58. The topological polar surface area (TPSA) is 34.1 Å². The smallest absolute Gasteiger partial charge is 0.194 e. The van der Waals surface area contributed by atoms with E-state index in [9.17, 15) is 9.59 Å². The molecular formula is C17H15O2P. The van der Waals surface area contributed by atoms with Crippen LogP contribution in [0.4, 0.5) is 0 Å². The van der Waals surface area contributed by atoms with E-state index in [0.717, 1.165) is 11.7 Å². The summed E-state index contributed by atoms with van der Waals surface area (Å²) in [5, 5.41) is 0. The molecule has 0 amide bonds. The number of hydrogen-bond acceptors (Lipinski definition) is 2. The summed E-state index contributed by atoms with van der Waals surface area (Å²) >= 11 is 0. The molecule has 0 saturated heterocycles. The predicted molar refractivity (Wildman–Crippen MR) is 82.2 cm³/mol. The predicted octanol–water partition coefficient (Wildman–Crippen LogP) is 3.70. The first-order valence-corrected chi connectivity index (χ1v) is 8.96. The lowest BCUT2D eigenvalue weighted by molar-refractivity contribution is 0.0979. The van der Waals surface area contributed by atoms with Gasteiger partial charge in [0.1, 0.15) is 0 Å². The van der Waals surface area contributed by atoms with E-state index < -0.39 is 0 Å². The fourth-order valence-corrected chi connectivity index (χ4v) is 3.54. The molecule has 20 heavy (non-hydrogen) atoms. The lowest BCUT2D eigenvalue weighted by atomic mass is 9.83. The van der Waals surface area contributed by atoms with Crippen LogP contribution >= 0.6 is 7.92 Å². The van der Waals surface area contributed by atoms with Crippen LogP contribution < -0.4 is 0 Å². The Labute approximate surface area is 119 Å². The van der Waals surface area contributed by atoms with Crippen LogP contribution in [0.1, 0.15) is 37.4 Å². The minimum absolute atomic E-state index is 0.0337. The summed E-state index contributed by atoms with van der Waals surface area (Å²) in [6.45, 7) is 4.41. The molecule has 0 saturated carbocycles. The molecule has 0 unspecified atom stereocenters. The molecule has 0 bridgehead atoms. The van der Waals surface area contributed by atoms with Gasteiger partial charge in [-0.25, -0.2) is 0 Å². The molecule has 0 spiro atoms. The van der Waals surface area contributed by atoms with E-state index in [1.807, 2.05) is 12.1 Å². The van der Waals surface area contributed by atoms with Crippen molar-refractivity contribution >= 4 is 19.5 Å². The highest BCUT2D eigenvalue weighted by Crippen LogP contribution is 2.33. The van der Waals surface area contributed by atoms with Crippen molar-refractivity contribution in [3.05, 3.63) is 70.3 Å². The quantitative estimate of drug-likeness (QED) is 0.671. The SMILES string of the molecule is CP(C)Cc1ccc2c(c1)C(=O)c1ccccc1C2=O. The van der Waals surface area contributed by atoms with Gasteiger partial charge in [-0.1, -0.05) is 36.4 Å². The highest BCUT2D eigenvalue weighted by atomic mass is 31.1. The lowest BCUT2D eigenvalue weighted by Crippen LogP contribution is -2.20. The summed E-state index contributed by atoms with van der Waals surface area (Å²) in [5.41, 5.74) is 3.28. The first-order valence-electron chi connectivity index (χ1n) is 6.54. The van der Waals surface area contributed by atoms with Crippen molar-refractivity contribution < 1.29 is 9.59 Å². The van der Waals surface area contributed by atoms with Crippen molar-refractivity contribution in [2.24, 2.45) is 0 Å². The summed E-state index contributed by atoms with van der Waals surface area (Å²) in [6, 6.07) is 12.7. The molecule has 0 radical (unpaired) electrons. The standard InChI is InChI=1S/C17H15O2P/c1-20(2)10-11-7-8-14-15(9-11)17(19)13-6-4-3-5-12(13)16(14)18/h3-9H,10H2,1-2H3. The maximum absolute atomic E-state index is 12.5. The molecule has 3 heteroatoms. The molecule has 0 atom stereocenters. The van der Waals surface area contributed by atoms with Crippen LogP contribution in [0, 0.1) is 0 Å². The zero-order chi connectivity index (χ0) is 14.3. The molecule has 0 heterocycles. The average Bonchev–Trinajstić information content (AvgIpc) is 2.44. The monoisotopic (exact) mass is 282 g/mol. The van der Waals surface area contributed by atoms with E-state index in [1.54, 1.807) is 30.3 Å². The maximum Gasteiger partial charge on any atom is 0.194 e. The molecular weight excluding hydrogens is 267 g/mol. The van der Waals surface area contributed by atoms with Gasteiger partial charge in [0.05, 0.1) is 0 Å². The van der Waals surface area contributed by atoms with Crippen LogP contribution in [0.3, 0.4) is 0 Å². The fraction of sp³-hybridized carbons (Fsp3) is 0.176. The Kier molecular flexibility index (Phi) is 3.27. The van der Waals surface area contributed by atoms with Gasteiger partial charge in [-0.15, -0.1) is 7.92 Å². The average molecular weight is 282 g/mol. The minimum atomic E-state index is -0.0642. The van der Waals surface area contributed by atoms with Crippen molar-refractivity contribution in [3.63, 3.8) is 0 Å². The third-order valence-corrected chi connectivity index (χ3v) is 4.49. The van der Waals surface area contributed by atoms with E-state index >= 15 is 0 Å². The van der Waals surface area contributed by atoms with Crippen LogP contribution in [0.2, 0.25) is 0 Å². The van der Waals surface area contributed by atoms with Gasteiger partial charge in [0.15, 0.2) is 11.6 Å². The third kappa shape index (κ3) is 2.10. The second-order valence-corrected chi connectivity index (χ2v) is 7.80. The summed E-state index contributed by atoms with van der Waals surface area (Å²) in [5.74, 6) is -0.0782. The summed E-state index contributed by atoms with van der Waals surface area (Å²) < 4.78 is 0. The van der Waals surface area contributed by atoms with Gasteiger partial charge in [0.25, 0.3) is 0 Å². The molecule has 3 rings (SSSR count). The maximum atomic E-state index is 12.5. The van der Waals surface area contributed by atoms with Crippen molar-refractivity contribution in [1.29, 1.82) is 0 Å². The second kappa shape index (κ2) is 4.96. The van der Waals surface area contributed by atoms with Crippen LogP contribution in [0.25, 0.3) is 0 Å². The van der Waals surface area contributed by atoms with E-state index in [1.165, 1.54) is 0 Å². The number of fused-ring (bicyclic) bond motifs is 2. The first kappa shape index (κ1) is 13.2. The third-order valence-electron chi connectivity index (χ3n) is 3.49. The largest absolute Gasteiger partial charge is 0.289 e. The van der Waals surface area contributed by atoms with Gasteiger partial charge in [-0.3, -0.25) is 9.59 Å². The van der Waals surface area contributed by atoms with E-state index in [-0.39, 0.29) is 19.5 Å². The zero-order valence-electron chi connectivity index (χ0n) is 11.5. The fourth-order valence-electron chi connectivity index (χ4n) is 2.61. The number of carbonyl (C=O) groups is 2. The Bertz CT molecular complexity index is 717. The Balaban J connectivity index is 2.13. The molecule has 0 aromatic heterocycles. The molecule has 2 aromatic rings. The van der Waals surface area contributed by atoms with Crippen molar-refractivity contribution in [2.75, 3.05) is 13.3 Å². The van der Waals surface area contributed by atoms with Crippen molar-refractivity contribution in [1.82, 2.24) is 0 Å². The van der Waals surface area contributed by atoms with Gasteiger partial charge < -0.3 is 0 Å². The molecule has 2 aromatic carbocycles. The van der Waals surface area contributed by atoms with E-state index in [0.29, 0.717) is 22.3 Å². The van der Waals surface area contributed by atoms with Crippen molar-refractivity contribution in [3.8, 4) is 0 Å². The zero-order valence-corrected chi connectivity index (χ0v) is 12.4. The molecule has 0 aliphatic heterocycles. The number of rotatable bonds is 2. The Hall–Kier alpha value is -1.79. The molecule has 0 N–H and O–H groups in total. The Morgan fingerprint density at radius 1 is 0.800 bits per heavy atom.